The molecule has 0 atom stereocenters. The Hall–Kier alpha value is -2.44. The fraction of sp³-hybridized carbons (Fsp3) is 0.294. The summed E-state index contributed by atoms with van der Waals surface area (Å²) in [6, 6.07) is 14.5. The largest absolute Gasteiger partial charge is 0.379 e. The molecule has 3 aromatic rings. The van der Waals surface area contributed by atoms with E-state index in [-0.39, 0.29) is 0 Å². The summed E-state index contributed by atoms with van der Waals surface area (Å²) in [5, 5.41) is 4.29. The van der Waals surface area contributed by atoms with Crippen LogP contribution in [0.2, 0.25) is 0 Å². The van der Waals surface area contributed by atoms with Crippen LogP contribution in [0.5, 0.6) is 0 Å². The molecule has 1 saturated heterocycles. The first-order valence-corrected chi connectivity index (χ1v) is 7.80. The van der Waals surface area contributed by atoms with Crippen LogP contribution in [-0.2, 0) is 11.3 Å². The standard InChI is InChI=1S/C17H19N5O/c18-17-19-16-6-2-5-15(22(16)20-17)14-4-1-3-13(11-14)12-21-7-9-23-10-8-21/h1-6,11H,7-10,12H2,(H2,18,20). The highest BCUT2D eigenvalue weighted by Gasteiger charge is 2.12. The van der Waals surface area contributed by atoms with Gasteiger partial charge in [-0.15, -0.1) is 5.10 Å². The molecule has 1 aliphatic rings. The Bertz CT molecular complexity index is 823. The minimum atomic E-state index is 0.293. The number of morpholine rings is 1. The molecule has 0 amide bonds. The van der Waals surface area contributed by atoms with Gasteiger partial charge in [-0.25, -0.2) is 4.52 Å². The second kappa shape index (κ2) is 5.98. The van der Waals surface area contributed by atoms with E-state index < -0.39 is 0 Å². The van der Waals surface area contributed by atoms with Crippen LogP contribution in [0, 0.1) is 0 Å². The van der Waals surface area contributed by atoms with Crippen LogP contribution in [0.3, 0.4) is 0 Å². The summed E-state index contributed by atoms with van der Waals surface area (Å²) in [7, 11) is 0. The lowest BCUT2D eigenvalue weighted by atomic mass is 10.1. The average molecular weight is 309 g/mol. The third-order valence-corrected chi connectivity index (χ3v) is 4.11. The molecule has 118 valence electrons. The number of hydrogen-bond donors (Lipinski definition) is 1. The van der Waals surface area contributed by atoms with Crippen molar-refractivity contribution in [2.75, 3.05) is 32.0 Å². The second-order valence-electron chi connectivity index (χ2n) is 5.74. The number of ether oxygens (including phenoxy) is 1. The van der Waals surface area contributed by atoms with Gasteiger partial charge in [-0.3, -0.25) is 4.90 Å². The molecular formula is C17H19N5O. The van der Waals surface area contributed by atoms with Crippen molar-refractivity contribution in [1.29, 1.82) is 0 Å². The minimum absolute atomic E-state index is 0.293. The monoisotopic (exact) mass is 309 g/mol. The molecule has 1 fully saturated rings. The number of anilines is 1. The predicted octanol–water partition coefficient (Wildman–Crippen LogP) is 1.81. The van der Waals surface area contributed by atoms with Crippen molar-refractivity contribution in [2.24, 2.45) is 0 Å². The summed E-state index contributed by atoms with van der Waals surface area (Å²) in [6.45, 7) is 4.54. The number of rotatable bonds is 3. The van der Waals surface area contributed by atoms with Gasteiger partial charge in [0, 0.05) is 25.2 Å². The minimum Gasteiger partial charge on any atom is -0.379 e. The van der Waals surface area contributed by atoms with Gasteiger partial charge in [0.1, 0.15) is 0 Å². The van der Waals surface area contributed by atoms with Gasteiger partial charge in [-0.05, 0) is 23.8 Å². The lowest BCUT2D eigenvalue weighted by Gasteiger charge is -2.26. The number of nitrogen functional groups attached to an aromatic ring is 1. The number of pyridine rings is 1. The Morgan fingerprint density at radius 1 is 1.09 bits per heavy atom. The average Bonchev–Trinajstić information content (AvgIpc) is 2.96. The van der Waals surface area contributed by atoms with E-state index in [0.29, 0.717) is 5.95 Å². The highest BCUT2D eigenvalue weighted by molar-refractivity contribution is 5.64. The molecule has 0 aliphatic carbocycles. The maximum absolute atomic E-state index is 5.73. The molecule has 6 nitrogen and oxygen atoms in total. The van der Waals surface area contributed by atoms with Crippen LogP contribution in [0.25, 0.3) is 16.9 Å². The highest BCUT2D eigenvalue weighted by atomic mass is 16.5. The molecule has 1 aromatic carbocycles. The summed E-state index contributed by atoms with van der Waals surface area (Å²) in [5.74, 6) is 0.293. The third-order valence-electron chi connectivity index (χ3n) is 4.11. The first-order chi connectivity index (χ1) is 11.3. The summed E-state index contributed by atoms with van der Waals surface area (Å²) >= 11 is 0. The van der Waals surface area contributed by atoms with Crippen molar-refractivity contribution in [3.05, 3.63) is 48.0 Å². The topological polar surface area (TPSA) is 68.7 Å². The Balaban J connectivity index is 1.67. The van der Waals surface area contributed by atoms with Gasteiger partial charge < -0.3 is 10.5 Å². The van der Waals surface area contributed by atoms with Gasteiger partial charge in [0.25, 0.3) is 0 Å². The first-order valence-electron chi connectivity index (χ1n) is 7.80. The van der Waals surface area contributed by atoms with Crippen LogP contribution in [0.15, 0.2) is 42.5 Å². The molecule has 0 bridgehead atoms. The molecule has 1 aliphatic heterocycles. The number of nitrogens with zero attached hydrogens (tertiary/aromatic N) is 4. The normalized spacial score (nSPS) is 16.0. The lowest BCUT2D eigenvalue weighted by Crippen LogP contribution is -2.35. The molecule has 23 heavy (non-hydrogen) atoms. The Morgan fingerprint density at radius 2 is 1.91 bits per heavy atom. The predicted molar refractivity (Wildman–Crippen MR) is 88.9 cm³/mol. The van der Waals surface area contributed by atoms with Crippen LogP contribution in [0.1, 0.15) is 5.56 Å². The van der Waals surface area contributed by atoms with Crippen LogP contribution in [-0.4, -0.2) is 45.8 Å². The fourth-order valence-corrected chi connectivity index (χ4v) is 2.99. The Labute approximate surface area is 134 Å². The third kappa shape index (κ3) is 2.91. The molecule has 0 spiro atoms. The van der Waals surface area contributed by atoms with E-state index >= 15 is 0 Å². The van der Waals surface area contributed by atoms with Gasteiger partial charge in [0.05, 0.1) is 18.9 Å². The van der Waals surface area contributed by atoms with Gasteiger partial charge in [-0.1, -0.05) is 24.3 Å². The van der Waals surface area contributed by atoms with Crippen LogP contribution >= 0.6 is 0 Å². The molecule has 6 heteroatoms. The molecule has 4 rings (SSSR count). The van der Waals surface area contributed by atoms with Crippen molar-refractivity contribution >= 4 is 11.6 Å². The van der Waals surface area contributed by atoms with Crippen molar-refractivity contribution in [3.63, 3.8) is 0 Å². The Kier molecular flexibility index (Phi) is 3.69. The van der Waals surface area contributed by atoms with Crippen molar-refractivity contribution < 1.29 is 4.74 Å². The van der Waals surface area contributed by atoms with Crippen molar-refractivity contribution in [3.8, 4) is 11.3 Å². The van der Waals surface area contributed by atoms with E-state index in [2.05, 4.69) is 39.2 Å². The molecule has 2 N–H and O–H groups in total. The van der Waals surface area contributed by atoms with Crippen molar-refractivity contribution in [2.45, 2.75) is 6.54 Å². The van der Waals surface area contributed by atoms with Gasteiger partial charge >= 0.3 is 0 Å². The maximum atomic E-state index is 5.73. The molecule has 3 heterocycles. The van der Waals surface area contributed by atoms with Gasteiger partial charge in [0.15, 0.2) is 5.65 Å². The van der Waals surface area contributed by atoms with Gasteiger partial charge in [-0.2, -0.15) is 4.98 Å². The van der Waals surface area contributed by atoms with E-state index in [4.69, 9.17) is 10.5 Å². The second-order valence-corrected chi connectivity index (χ2v) is 5.74. The molecule has 0 saturated carbocycles. The Morgan fingerprint density at radius 3 is 2.78 bits per heavy atom. The number of fused-ring (bicyclic) bond motifs is 1. The highest BCUT2D eigenvalue weighted by Crippen LogP contribution is 2.22. The molecule has 2 aromatic heterocycles. The molecule has 0 unspecified atom stereocenters. The number of hydrogen-bond acceptors (Lipinski definition) is 5. The zero-order chi connectivity index (χ0) is 15.6. The first kappa shape index (κ1) is 14.2. The van der Waals surface area contributed by atoms with Crippen LogP contribution < -0.4 is 5.73 Å². The van der Waals surface area contributed by atoms with E-state index in [1.807, 2.05) is 18.2 Å². The molecular weight excluding hydrogens is 290 g/mol. The summed E-state index contributed by atoms with van der Waals surface area (Å²) < 4.78 is 7.20. The van der Waals surface area contributed by atoms with Crippen LogP contribution in [0.4, 0.5) is 5.95 Å². The van der Waals surface area contributed by atoms with Gasteiger partial charge in [0.2, 0.25) is 5.95 Å². The van der Waals surface area contributed by atoms with Crippen molar-refractivity contribution in [1.82, 2.24) is 19.5 Å². The van der Waals surface area contributed by atoms with E-state index in [1.165, 1.54) is 5.56 Å². The number of benzene rings is 1. The summed E-state index contributed by atoms with van der Waals surface area (Å²) in [6.07, 6.45) is 0. The summed E-state index contributed by atoms with van der Waals surface area (Å²) in [4.78, 5) is 6.64. The van der Waals surface area contributed by atoms with E-state index in [1.54, 1.807) is 4.52 Å². The fourth-order valence-electron chi connectivity index (χ4n) is 2.99. The zero-order valence-electron chi connectivity index (χ0n) is 12.9. The quantitative estimate of drug-likeness (QED) is 0.799. The molecule has 0 radical (unpaired) electrons. The number of nitrogens with two attached hydrogens (primary N) is 1. The number of aromatic nitrogens is 3. The smallest absolute Gasteiger partial charge is 0.240 e. The maximum Gasteiger partial charge on any atom is 0.240 e. The van der Waals surface area contributed by atoms with E-state index in [0.717, 1.165) is 49.8 Å². The lowest BCUT2D eigenvalue weighted by molar-refractivity contribution is 0.0342. The summed E-state index contributed by atoms with van der Waals surface area (Å²) in [5.41, 5.74) is 9.89. The van der Waals surface area contributed by atoms with E-state index in [9.17, 15) is 0 Å². The SMILES string of the molecule is Nc1nc2cccc(-c3cccc(CN4CCOCC4)c3)n2n1. The zero-order valence-corrected chi connectivity index (χ0v) is 12.9.